The van der Waals surface area contributed by atoms with Crippen LogP contribution in [0.4, 0.5) is 5.69 Å². The first-order valence-electron chi connectivity index (χ1n) is 9.20. The number of nitrogens with one attached hydrogen (secondary N) is 1. The number of carbonyl (C=O) groups is 1. The van der Waals surface area contributed by atoms with E-state index in [4.69, 9.17) is 16.1 Å². The average Bonchev–Trinajstić information content (AvgIpc) is 3.20. The molecule has 0 bridgehead atoms. The maximum atomic E-state index is 12.8. The van der Waals surface area contributed by atoms with E-state index < -0.39 is 22.0 Å². The van der Waals surface area contributed by atoms with E-state index in [-0.39, 0.29) is 18.9 Å². The van der Waals surface area contributed by atoms with Gasteiger partial charge in [-0.1, -0.05) is 54.0 Å². The molecule has 1 N–H and O–H groups in total. The lowest BCUT2D eigenvalue weighted by molar-refractivity contribution is -0.122. The SMILES string of the molecule is CCC(C(=O)NCc1nc(-c2ccccc2)no1)N(c1ccc(Cl)cc1)S(C)(=O)=O. The van der Waals surface area contributed by atoms with E-state index in [9.17, 15) is 13.2 Å². The zero-order valence-electron chi connectivity index (χ0n) is 16.4. The van der Waals surface area contributed by atoms with Crippen LogP contribution in [0.25, 0.3) is 11.4 Å². The molecule has 1 atom stereocenters. The van der Waals surface area contributed by atoms with Crippen molar-refractivity contribution in [2.45, 2.75) is 25.9 Å². The summed E-state index contributed by atoms with van der Waals surface area (Å²) in [6.07, 6.45) is 1.32. The van der Waals surface area contributed by atoms with Gasteiger partial charge in [-0.25, -0.2) is 8.42 Å². The van der Waals surface area contributed by atoms with E-state index in [0.717, 1.165) is 16.1 Å². The maximum Gasteiger partial charge on any atom is 0.246 e. The predicted octanol–water partition coefficient (Wildman–Crippen LogP) is 3.25. The molecule has 1 aromatic heterocycles. The number of hydrogen-bond acceptors (Lipinski definition) is 6. The summed E-state index contributed by atoms with van der Waals surface area (Å²) in [6, 6.07) is 14.6. The minimum Gasteiger partial charge on any atom is -0.345 e. The number of carbonyl (C=O) groups excluding carboxylic acids is 1. The highest BCUT2D eigenvalue weighted by molar-refractivity contribution is 7.92. The second-order valence-corrected chi connectivity index (χ2v) is 8.85. The van der Waals surface area contributed by atoms with Crippen LogP contribution in [0.1, 0.15) is 19.2 Å². The fourth-order valence-electron chi connectivity index (χ4n) is 2.96. The molecule has 0 fully saturated rings. The van der Waals surface area contributed by atoms with Crippen LogP contribution < -0.4 is 9.62 Å². The highest BCUT2D eigenvalue weighted by Gasteiger charge is 2.31. The highest BCUT2D eigenvalue weighted by Crippen LogP contribution is 2.24. The summed E-state index contributed by atoms with van der Waals surface area (Å²) < 4.78 is 31.1. The van der Waals surface area contributed by atoms with Crippen molar-refractivity contribution in [3.05, 3.63) is 65.5 Å². The molecule has 10 heteroatoms. The molecule has 3 rings (SSSR count). The minimum atomic E-state index is -3.72. The monoisotopic (exact) mass is 448 g/mol. The van der Waals surface area contributed by atoms with Crippen LogP contribution in [0, 0.1) is 0 Å². The molecule has 0 spiro atoms. The minimum absolute atomic E-state index is 0.0204. The molecule has 0 aliphatic heterocycles. The molecule has 0 radical (unpaired) electrons. The van der Waals surface area contributed by atoms with Crippen molar-refractivity contribution in [3.8, 4) is 11.4 Å². The van der Waals surface area contributed by atoms with E-state index in [1.54, 1.807) is 31.2 Å². The van der Waals surface area contributed by atoms with Crippen LogP contribution in [-0.4, -0.2) is 36.8 Å². The van der Waals surface area contributed by atoms with Gasteiger partial charge in [-0.05, 0) is 30.7 Å². The molecule has 30 heavy (non-hydrogen) atoms. The third kappa shape index (κ3) is 5.17. The van der Waals surface area contributed by atoms with Crippen molar-refractivity contribution in [1.82, 2.24) is 15.5 Å². The van der Waals surface area contributed by atoms with Gasteiger partial charge in [0.05, 0.1) is 18.5 Å². The molecular formula is C20H21ClN4O4S. The number of anilines is 1. The Bertz CT molecular complexity index is 1100. The van der Waals surface area contributed by atoms with Crippen LogP contribution in [0.3, 0.4) is 0 Å². The second-order valence-electron chi connectivity index (χ2n) is 6.55. The summed E-state index contributed by atoms with van der Waals surface area (Å²) in [7, 11) is -3.72. The average molecular weight is 449 g/mol. The normalized spacial score (nSPS) is 12.4. The Kier molecular flexibility index (Phi) is 6.73. The zero-order chi connectivity index (χ0) is 21.7. The Labute approximate surface area is 179 Å². The van der Waals surface area contributed by atoms with Gasteiger partial charge in [0, 0.05) is 10.6 Å². The number of aromatic nitrogens is 2. The van der Waals surface area contributed by atoms with Crippen LogP contribution in [-0.2, 0) is 21.4 Å². The van der Waals surface area contributed by atoms with Crippen LogP contribution in [0.2, 0.25) is 5.02 Å². The van der Waals surface area contributed by atoms with Crippen molar-refractivity contribution < 1.29 is 17.7 Å². The number of benzene rings is 2. The van der Waals surface area contributed by atoms with E-state index >= 15 is 0 Å². The number of nitrogens with zero attached hydrogens (tertiary/aromatic N) is 3. The summed E-state index contributed by atoms with van der Waals surface area (Å²) in [4.78, 5) is 17.1. The van der Waals surface area contributed by atoms with Gasteiger partial charge < -0.3 is 9.84 Å². The van der Waals surface area contributed by atoms with E-state index in [1.165, 1.54) is 0 Å². The molecule has 0 saturated carbocycles. The number of halogens is 1. The fourth-order valence-corrected chi connectivity index (χ4v) is 4.30. The van der Waals surface area contributed by atoms with Crippen molar-refractivity contribution in [2.75, 3.05) is 10.6 Å². The van der Waals surface area contributed by atoms with Crippen molar-refractivity contribution in [2.24, 2.45) is 0 Å². The first-order valence-corrected chi connectivity index (χ1v) is 11.4. The lowest BCUT2D eigenvalue weighted by Crippen LogP contribution is -2.49. The van der Waals surface area contributed by atoms with Crippen molar-refractivity contribution in [3.63, 3.8) is 0 Å². The standard InChI is InChI=1S/C20H21ClN4O4S/c1-3-17(25(30(2,27)28)16-11-9-15(21)10-12-16)20(26)22-13-18-23-19(24-29-18)14-7-5-4-6-8-14/h4-12,17H,3,13H2,1-2H3,(H,22,26). The van der Waals surface area contributed by atoms with Crippen LogP contribution >= 0.6 is 11.6 Å². The number of rotatable bonds is 8. The predicted molar refractivity (Wildman–Crippen MR) is 114 cm³/mol. The lowest BCUT2D eigenvalue weighted by Gasteiger charge is -2.30. The van der Waals surface area contributed by atoms with Crippen LogP contribution in [0.5, 0.6) is 0 Å². The molecule has 0 aliphatic carbocycles. The van der Waals surface area contributed by atoms with Crippen LogP contribution in [0.15, 0.2) is 59.1 Å². The number of amides is 1. The third-order valence-corrected chi connectivity index (χ3v) is 5.76. The summed E-state index contributed by atoms with van der Waals surface area (Å²) >= 11 is 5.90. The van der Waals surface area contributed by atoms with E-state index in [2.05, 4.69) is 15.5 Å². The van der Waals surface area contributed by atoms with Gasteiger partial charge in [0.15, 0.2) is 0 Å². The first-order chi connectivity index (χ1) is 14.3. The third-order valence-electron chi connectivity index (χ3n) is 4.32. The topological polar surface area (TPSA) is 105 Å². The van der Waals surface area contributed by atoms with E-state index in [1.807, 2.05) is 30.3 Å². The molecule has 2 aromatic carbocycles. The molecule has 1 heterocycles. The van der Waals surface area contributed by atoms with Crippen molar-refractivity contribution in [1.29, 1.82) is 0 Å². The van der Waals surface area contributed by atoms with Gasteiger partial charge in [0.2, 0.25) is 27.6 Å². The molecule has 8 nitrogen and oxygen atoms in total. The van der Waals surface area contributed by atoms with Gasteiger partial charge in [0.1, 0.15) is 6.04 Å². The molecule has 1 amide bonds. The first kappa shape index (κ1) is 21.8. The Balaban J connectivity index is 1.75. The molecule has 3 aromatic rings. The van der Waals surface area contributed by atoms with Gasteiger partial charge in [-0.15, -0.1) is 0 Å². The van der Waals surface area contributed by atoms with E-state index in [0.29, 0.717) is 16.5 Å². The Morgan fingerprint density at radius 2 is 1.83 bits per heavy atom. The Morgan fingerprint density at radius 1 is 1.17 bits per heavy atom. The van der Waals surface area contributed by atoms with Gasteiger partial charge in [0.25, 0.3) is 0 Å². The smallest absolute Gasteiger partial charge is 0.246 e. The van der Waals surface area contributed by atoms with Gasteiger partial charge >= 0.3 is 0 Å². The Hall–Kier alpha value is -2.91. The maximum absolute atomic E-state index is 12.8. The molecule has 158 valence electrons. The summed E-state index contributed by atoms with van der Waals surface area (Å²) in [5, 5.41) is 7.05. The zero-order valence-corrected chi connectivity index (χ0v) is 18.0. The molecular weight excluding hydrogens is 428 g/mol. The fraction of sp³-hybridized carbons (Fsp3) is 0.250. The summed E-state index contributed by atoms with van der Waals surface area (Å²) in [6.45, 7) is 1.71. The van der Waals surface area contributed by atoms with Crippen molar-refractivity contribution >= 4 is 33.2 Å². The second kappa shape index (κ2) is 9.27. The molecule has 0 saturated heterocycles. The lowest BCUT2D eigenvalue weighted by atomic mass is 10.2. The molecule has 1 unspecified atom stereocenters. The van der Waals surface area contributed by atoms with Gasteiger partial charge in [-0.3, -0.25) is 9.10 Å². The Morgan fingerprint density at radius 3 is 2.43 bits per heavy atom. The van der Waals surface area contributed by atoms with Gasteiger partial charge in [-0.2, -0.15) is 4.98 Å². The number of sulfonamides is 1. The summed E-state index contributed by atoms with van der Waals surface area (Å²) in [5.74, 6) is 0.151. The largest absolute Gasteiger partial charge is 0.345 e. The number of hydrogen-bond donors (Lipinski definition) is 1. The highest BCUT2D eigenvalue weighted by atomic mass is 35.5. The molecule has 0 aliphatic rings. The summed E-state index contributed by atoms with van der Waals surface area (Å²) in [5.41, 5.74) is 1.14. The quantitative estimate of drug-likeness (QED) is 0.567.